The molecule has 1 heterocycles. The number of amides is 1. The van der Waals surface area contributed by atoms with Crippen LogP contribution in [-0.2, 0) is 14.8 Å². The van der Waals surface area contributed by atoms with Crippen LogP contribution in [0.25, 0.3) is 0 Å². The molecule has 5 nitrogen and oxygen atoms in total. The minimum absolute atomic E-state index is 0.0575. The van der Waals surface area contributed by atoms with Crippen molar-refractivity contribution in [2.24, 2.45) is 5.92 Å². The molecular weight excluding hydrogens is 312 g/mol. The average molecular weight is 338 g/mol. The lowest BCUT2D eigenvalue weighted by Crippen LogP contribution is -2.38. The fraction of sp³-hybridized carbons (Fsp3) is 0.588. The number of rotatable bonds is 3. The number of hydrogen-bond acceptors (Lipinski definition) is 3. The Labute approximate surface area is 139 Å². The van der Waals surface area contributed by atoms with Crippen LogP contribution in [0.1, 0.15) is 31.4 Å². The van der Waals surface area contributed by atoms with E-state index in [1.54, 1.807) is 17.0 Å². The van der Waals surface area contributed by atoms with Crippen molar-refractivity contribution in [1.82, 2.24) is 9.21 Å². The fourth-order valence-corrected chi connectivity index (χ4v) is 4.30. The minimum Gasteiger partial charge on any atom is -0.341 e. The summed E-state index contributed by atoms with van der Waals surface area (Å²) in [6.45, 7) is 9.52. The van der Waals surface area contributed by atoms with Crippen molar-refractivity contribution in [2.45, 2.75) is 39.0 Å². The van der Waals surface area contributed by atoms with E-state index in [0.717, 1.165) is 11.1 Å². The van der Waals surface area contributed by atoms with Gasteiger partial charge in [-0.1, -0.05) is 19.9 Å². The first kappa shape index (κ1) is 17.9. The van der Waals surface area contributed by atoms with E-state index in [1.807, 2.05) is 33.8 Å². The fourth-order valence-electron chi connectivity index (χ4n) is 2.74. The zero-order valence-corrected chi connectivity index (χ0v) is 15.2. The molecule has 0 saturated carbocycles. The van der Waals surface area contributed by atoms with Crippen LogP contribution < -0.4 is 0 Å². The molecule has 1 aliphatic rings. The first-order valence-electron chi connectivity index (χ1n) is 8.09. The van der Waals surface area contributed by atoms with Gasteiger partial charge in [0.15, 0.2) is 0 Å². The third-order valence-corrected chi connectivity index (χ3v) is 6.27. The lowest BCUT2D eigenvalue weighted by molar-refractivity contribution is -0.134. The van der Waals surface area contributed by atoms with E-state index in [-0.39, 0.29) is 11.8 Å². The van der Waals surface area contributed by atoms with Gasteiger partial charge in [-0.25, -0.2) is 8.42 Å². The first-order valence-corrected chi connectivity index (χ1v) is 9.53. The van der Waals surface area contributed by atoms with Gasteiger partial charge in [-0.05, 0) is 43.5 Å². The first-order chi connectivity index (χ1) is 10.7. The van der Waals surface area contributed by atoms with E-state index >= 15 is 0 Å². The van der Waals surface area contributed by atoms with Gasteiger partial charge in [0.1, 0.15) is 0 Å². The highest BCUT2D eigenvalue weighted by atomic mass is 32.2. The minimum atomic E-state index is -3.50. The van der Waals surface area contributed by atoms with Crippen molar-refractivity contribution >= 4 is 15.9 Å². The van der Waals surface area contributed by atoms with Crippen molar-refractivity contribution < 1.29 is 13.2 Å². The van der Waals surface area contributed by atoms with E-state index in [1.165, 1.54) is 4.31 Å². The molecule has 23 heavy (non-hydrogen) atoms. The summed E-state index contributed by atoms with van der Waals surface area (Å²) in [5, 5.41) is 0. The molecular formula is C17H26N2O3S. The number of carbonyl (C=O) groups is 1. The smallest absolute Gasteiger partial charge is 0.243 e. The number of hydrogen-bond donors (Lipinski definition) is 0. The molecule has 0 bridgehead atoms. The molecule has 0 atom stereocenters. The van der Waals surface area contributed by atoms with Crippen LogP contribution >= 0.6 is 0 Å². The van der Waals surface area contributed by atoms with Crippen LogP contribution in [0.5, 0.6) is 0 Å². The molecule has 1 saturated heterocycles. The summed E-state index contributed by atoms with van der Waals surface area (Å²) >= 11 is 0. The predicted octanol–water partition coefficient (Wildman–Crippen LogP) is 2.18. The number of carbonyl (C=O) groups excluding carboxylic acids is 1. The van der Waals surface area contributed by atoms with Gasteiger partial charge in [-0.15, -0.1) is 0 Å². The maximum Gasteiger partial charge on any atom is 0.243 e. The maximum atomic E-state index is 12.8. The van der Waals surface area contributed by atoms with Crippen molar-refractivity contribution in [1.29, 1.82) is 0 Å². The lowest BCUT2D eigenvalue weighted by atomic mass is 10.1. The van der Waals surface area contributed by atoms with Crippen LogP contribution in [0.3, 0.4) is 0 Å². The second-order valence-corrected chi connectivity index (χ2v) is 8.42. The Morgan fingerprint density at radius 3 is 2.35 bits per heavy atom. The highest BCUT2D eigenvalue weighted by Gasteiger charge is 2.28. The van der Waals surface area contributed by atoms with Crippen LogP contribution in [-0.4, -0.2) is 49.7 Å². The van der Waals surface area contributed by atoms with Crippen molar-refractivity contribution in [2.75, 3.05) is 26.2 Å². The van der Waals surface area contributed by atoms with E-state index in [0.29, 0.717) is 37.5 Å². The molecule has 1 amide bonds. The normalized spacial score (nSPS) is 17.3. The van der Waals surface area contributed by atoms with Crippen molar-refractivity contribution in [3.05, 3.63) is 29.3 Å². The highest BCUT2D eigenvalue weighted by Crippen LogP contribution is 2.21. The van der Waals surface area contributed by atoms with E-state index in [9.17, 15) is 13.2 Å². The molecule has 128 valence electrons. The van der Waals surface area contributed by atoms with Gasteiger partial charge in [0.25, 0.3) is 0 Å². The SMILES string of the molecule is Cc1ccc(S(=O)(=O)N2CCCN(C(=O)C(C)C)CC2)cc1C. The number of aryl methyl sites for hydroxylation is 2. The summed E-state index contributed by atoms with van der Waals surface area (Å²) in [6, 6.07) is 5.24. The third-order valence-electron chi connectivity index (χ3n) is 4.38. The Morgan fingerprint density at radius 1 is 1.04 bits per heavy atom. The molecule has 0 radical (unpaired) electrons. The van der Waals surface area contributed by atoms with Gasteiger partial charge in [-0.3, -0.25) is 4.79 Å². The zero-order chi connectivity index (χ0) is 17.2. The number of benzene rings is 1. The molecule has 0 aliphatic carbocycles. The van der Waals surface area contributed by atoms with Gasteiger partial charge in [-0.2, -0.15) is 4.31 Å². The second-order valence-electron chi connectivity index (χ2n) is 6.48. The van der Waals surface area contributed by atoms with Crippen molar-refractivity contribution in [3.8, 4) is 0 Å². The van der Waals surface area contributed by atoms with E-state index in [4.69, 9.17) is 0 Å². The summed E-state index contributed by atoms with van der Waals surface area (Å²) in [5.41, 5.74) is 2.05. The molecule has 0 N–H and O–H groups in total. The monoisotopic (exact) mass is 338 g/mol. The molecule has 0 aromatic heterocycles. The molecule has 0 unspecified atom stereocenters. The van der Waals surface area contributed by atoms with Gasteiger partial charge in [0.05, 0.1) is 4.90 Å². The molecule has 1 aliphatic heterocycles. The van der Waals surface area contributed by atoms with E-state index in [2.05, 4.69) is 0 Å². The van der Waals surface area contributed by atoms with Crippen LogP contribution in [0.4, 0.5) is 0 Å². The van der Waals surface area contributed by atoms with Crippen LogP contribution in [0.15, 0.2) is 23.1 Å². The number of nitrogens with zero attached hydrogens (tertiary/aromatic N) is 2. The Bertz CT molecular complexity index is 683. The topological polar surface area (TPSA) is 57.7 Å². The maximum absolute atomic E-state index is 12.8. The largest absolute Gasteiger partial charge is 0.341 e. The summed E-state index contributed by atoms with van der Waals surface area (Å²) in [4.78, 5) is 14.2. The second kappa shape index (κ2) is 7.01. The summed E-state index contributed by atoms with van der Waals surface area (Å²) < 4.78 is 27.2. The predicted molar refractivity (Wildman–Crippen MR) is 90.7 cm³/mol. The molecule has 6 heteroatoms. The van der Waals surface area contributed by atoms with E-state index < -0.39 is 10.0 Å². The van der Waals surface area contributed by atoms with Crippen LogP contribution in [0.2, 0.25) is 0 Å². The number of sulfonamides is 1. The van der Waals surface area contributed by atoms with Gasteiger partial charge < -0.3 is 4.90 Å². The van der Waals surface area contributed by atoms with Gasteiger partial charge >= 0.3 is 0 Å². The lowest BCUT2D eigenvalue weighted by Gasteiger charge is -2.23. The van der Waals surface area contributed by atoms with Gasteiger partial charge in [0.2, 0.25) is 15.9 Å². The standard InChI is InChI=1S/C17H26N2O3S/c1-13(2)17(20)18-8-5-9-19(11-10-18)23(21,22)16-7-6-14(3)15(4)12-16/h6-7,12-13H,5,8-11H2,1-4H3. The molecule has 1 aromatic rings. The van der Waals surface area contributed by atoms with Crippen LogP contribution in [0, 0.1) is 19.8 Å². The Kier molecular flexibility index (Phi) is 5.47. The average Bonchev–Trinajstić information content (AvgIpc) is 2.75. The summed E-state index contributed by atoms with van der Waals surface area (Å²) in [5.74, 6) is 0.0355. The summed E-state index contributed by atoms with van der Waals surface area (Å²) in [6.07, 6.45) is 0.669. The highest BCUT2D eigenvalue weighted by molar-refractivity contribution is 7.89. The molecule has 1 fully saturated rings. The molecule has 2 rings (SSSR count). The summed E-state index contributed by atoms with van der Waals surface area (Å²) in [7, 11) is -3.50. The molecule has 1 aromatic carbocycles. The molecule has 0 spiro atoms. The Morgan fingerprint density at radius 2 is 1.74 bits per heavy atom. The Hall–Kier alpha value is -1.40. The quantitative estimate of drug-likeness (QED) is 0.849. The third kappa shape index (κ3) is 3.93. The zero-order valence-electron chi connectivity index (χ0n) is 14.4. The van der Waals surface area contributed by atoms with Gasteiger partial charge in [0, 0.05) is 32.1 Å². The van der Waals surface area contributed by atoms with Crippen molar-refractivity contribution in [3.63, 3.8) is 0 Å². The Balaban J connectivity index is 2.18.